The molecule has 3 saturated heterocycles. The third-order valence-electron chi connectivity index (χ3n) is 10.6. The molecule has 3 aromatic rings. The van der Waals surface area contributed by atoms with Crippen molar-refractivity contribution in [1.29, 1.82) is 0 Å². The number of alkyl halides is 1. The van der Waals surface area contributed by atoms with Crippen LogP contribution in [0.5, 0.6) is 6.01 Å². The van der Waals surface area contributed by atoms with Crippen LogP contribution in [0.4, 0.5) is 19.4 Å². The van der Waals surface area contributed by atoms with Crippen molar-refractivity contribution in [3.05, 3.63) is 40.8 Å². The van der Waals surface area contributed by atoms with Gasteiger partial charge in [0.2, 0.25) is 0 Å². The first-order valence-electron chi connectivity index (χ1n) is 16.1. The zero-order chi connectivity index (χ0) is 30.9. The number of halogens is 3. The number of hydrogen-bond donors (Lipinski definition) is 1. The summed E-state index contributed by atoms with van der Waals surface area (Å²) in [4.78, 5) is 31.2. The van der Waals surface area contributed by atoms with Crippen LogP contribution < -0.4 is 15.0 Å². The Labute approximate surface area is 265 Å². The molecule has 0 spiro atoms. The molecule has 45 heavy (non-hydrogen) atoms. The van der Waals surface area contributed by atoms with Gasteiger partial charge in [-0.25, -0.2) is 13.6 Å². The monoisotopic (exact) mass is 638 g/mol. The van der Waals surface area contributed by atoms with Crippen molar-refractivity contribution in [2.75, 3.05) is 44.3 Å². The van der Waals surface area contributed by atoms with E-state index in [2.05, 4.69) is 20.2 Å². The van der Waals surface area contributed by atoms with E-state index in [0.29, 0.717) is 60.9 Å². The molecule has 12 heteroatoms. The second-order valence-corrected chi connectivity index (χ2v) is 14.2. The lowest BCUT2D eigenvalue weighted by molar-refractivity contribution is 0.107. The van der Waals surface area contributed by atoms with E-state index in [1.165, 1.54) is 0 Å². The molecule has 1 amide bonds. The number of nitrogens with one attached hydrogen (secondary N) is 1. The minimum absolute atomic E-state index is 0.0446. The zero-order valence-corrected chi connectivity index (χ0v) is 26.1. The number of hydrogen-bond acceptors (Lipinski definition) is 8. The summed E-state index contributed by atoms with van der Waals surface area (Å²) in [6, 6.07) is 5.52. The van der Waals surface area contributed by atoms with Crippen LogP contribution in [0, 0.1) is 11.7 Å². The summed E-state index contributed by atoms with van der Waals surface area (Å²) in [6.45, 7) is 4.83. The maximum absolute atomic E-state index is 16.8. The van der Waals surface area contributed by atoms with Crippen LogP contribution >= 0.6 is 11.6 Å². The van der Waals surface area contributed by atoms with Crippen LogP contribution in [0.15, 0.2) is 24.4 Å². The van der Waals surface area contributed by atoms with Gasteiger partial charge in [-0.3, -0.25) is 9.88 Å². The second kappa shape index (κ2) is 10.9. The topological polar surface area (TPSA) is 92.7 Å². The Morgan fingerprint density at radius 2 is 2.09 bits per heavy atom. The number of alkyl carbamates (subject to hydrolysis) is 1. The van der Waals surface area contributed by atoms with E-state index in [4.69, 9.17) is 26.1 Å². The third-order valence-corrected chi connectivity index (χ3v) is 10.9. The fourth-order valence-electron chi connectivity index (χ4n) is 8.31. The lowest BCUT2D eigenvalue weighted by Gasteiger charge is -2.41. The summed E-state index contributed by atoms with van der Waals surface area (Å²) < 4.78 is 43.2. The molecular formula is C33H37ClF2N6O3. The number of carbonyl (C=O) groups is 1. The predicted octanol–water partition coefficient (Wildman–Crippen LogP) is 6.03. The summed E-state index contributed by atoms with van der Waals surface area (Å²) in [5.41, 5.74) is 0.769. The molecule has 238 valence electrons. The van der Waals surface area contributed by atoms with Gasteiger partial charge >= 0.3 is 12.1 Å². The largest absolute Gasteiger partial charge is 0.461 e. The van der Waals surface area contributed by atoms with E-state index in [1.54, 1.807) is 12.3 Å². The number of fused-ring (bicyclic) bond motifs is 6. The number of anilines is 1. The van der Waals surface area contributed by atoms with Gasteiger partial charge in [0.15, 0.2) is 5.82 Å². The van der Waals surface area contributed by atoms with Crippen LogP contribution in [-0.4, -0.2) is 82.6 Å². The average molecular weight is 639 g/mol. The van der Waals surface area contributed by atoms with E-state index in [1.807, 2.05) is 24.0 Å². The van der Waals surface area contributed by atoms with Crippen LogP contribution in [0.3, 0.4) is 0 Å². The Hall–Kier alpha value is -3.31. The Morgan fingerprint density at radius 3 is 2.98 bits per heavy atom. The van der Waals surface area contributed by atoms with Gasteiger partial charge in [-0.1, -0.05) is 23.7 Å². The smallest absolute Gasteiger partial charge is 0.407 e. The van der Waals surface area contributed by atoms with Crippen molar-refractivity contribution in [1.82, 2.24) is 25.2 Å². The highest BCUT2D eigenvalue weighted by Gasteiger charge is 2.49. The van der Waals surface area contributed by atoms with Crippen LogP contribution in [0.25, 0.3) is 22.2 Å². The van der Waals surface area contributed by atoms with Gasteiger partial charge in [0, 0.05) is 42.8 Å². The number of aromatic nitrogens is 3. The fraction of sp³-hybridized carbons (Fsp3) is 0.576. The Morgan fingerprint density at radius 1 is 1.22 bits per heavy atom. The molecule has 1 saturated carbocycles. The van der Waals surface area contributed by atoms with Gasteiger partial charge in [-0.05, 0) is 75.5 Å². The maximum atomic E-state index is 16.8. The number of benzene rings is 1. The van der Waals surface area contributed by atoms with Crippen molar-refractivity contribution in [2.45, 2.75) is 75.0 Å². The van der Waals surface area contributed by atoms with E-state index in [0.717, 1.165) is 44.2 Å². The molecule has 2 aromatic heterocycles. The molecule has 6 bridgehead atoms. The van der Waals surface area contributed by atoms with Gasteiger partial charge < -0.3 is 19.7 Å². The highest BCUT2D eigenvalue weighted by atomic mass is 35.5. The number of nitrogens with zero attached hydrogens (tertiary/aromatic N) is 5. The van der Waals surface area contributed by atoms with Crippen molar-refractivity contribution >= 4 is 34.4 Å². The maximum Gasteiger partial charge on any atom is 0.407 e. The van der Waals surface area contributed by atoms with Crippen LogP contribution in [0.1, 0.15) is 63.4 Å². The molecule has 0 radical (unpaired) electrons. The lowest BCUT2D eigenvalue weighted by Crippen LogP contribution is -2.57. The van der Waals surface area contributed by atoms with E-state index in [-0.39, 0.29) is 35.7 Å². The molecule has 1 aliphatic carbocycles. The van der Waals surface area contributed by atoms with E-state index < -0.39 is 29.2 Å². The molecule has 5 atom stereocenters. The van der Waals surface area contributed by atoms with E-state index >= 15 is 4.39 Å². The molecule has 5 aliphatic heterocycles. The zero-order valence-electron chi connectivity index (χ0n) is 25.3. The van der Waals surface area contributed by atoms with Crippen LogP contribution in [-0.2, 0) is 4.74 Å². The second-order valence-electron chi connectivity index (χ2n) is 13.8. The van der Waals surface area contributed by atoms with Crippen molar-refractivity contribution in [3.63, 3.8) is 0 Å². The van der Waals surface area contributed by atoms with Gasteiger partial charge in [0.05, 0.1) is 23.1 Å². The summed E-state index contributed by atoms with van der Waals surface area (Å²) in [7, 11) is 0. The first-order chi connectivity index (χ1) is 21.7. The minimum Gasteiger partial charge on any atom is -0.461 e. The third kappa shape index (κ3) is 5.16. The van der Waals surface area contributed by atoms with Gasteiger partial charge in [0.1, 0.15) is 29.8 Å². The van der Waals surface area contributed by atoms with Gasteiger partial charge in [-0.2, -0.15) is 9.97 Å². The van der Waals surface area contributed by atoms with Gasteiger partial charge in [0.25, 0.3) is 0 Å². The van der Waals surface area contributed by atoms with Crippen molar-refractivity contribution < 1.29 is 23.0 Å². The first-order valence-corrected chi connectivity index (χ1v) is 16.5. The number of amides is 1. The Balaban J connectivity index is 1.26. The van der Waals surface area contributed by atoms with Crippen LogP contribution in [0.2, 0.25) is 5.02 Å². The molecule has 3 unspecified atom stereocenters. The SMILES string of the molecule is C[C@@]12CCCN(C1)c1nc(OCC34CCCN3C[C@H](F)C4)nc3c(F)c(ncc13)-c1cccc(Cl)c1C1CC1CCOC(=O)N2. The number of rotatable bonds is 3. The molecule has 9 nitrogen and oxygen atoms in total. The van der Waals surface area contributed by atoms with E-state index in [9.17, 15) is 9.18 Å². The normalized spacial score (nSPS) is 31.2. The number of piperidine rings is 1. The quantitative estimate of drug-likeness (QED) is 0.372. The summed E-state index contributed by atoms with van der Waals surface area (Å²) in [6.07, 6.45) is 5.60. The molecule has 7 heterocycles. The molecule has 1 N–H and O–H groups in total. The summed E-state index contributed by atoms with van der Waals surface area (Å²) in [5.74, 6) is 0.296. The van der Waals surface area contributed by atoms with Crippen molar-refractivity contribution in [3.8, 4) is 17.3 Å². The fourth-order valence-corrected chi connectivity index (χ4v) is 8.63. The Kier molecular flexibility index (Phi) is 7.05. The molecular weight excluding hydrogens is 602 g/mol. The van der Waals surface area contributed by atoms with Gasteiger partial charge in [-0.15, -0.1) is 0 Å². The minimum atomic E-state index is -0.896. The number of pyridine rings is 1. The summed E-state index contributed by atoms with van der Waals surface area (Å²) in [5, 5.41) is 4.10. The Bertz CT molecular complexity index is 1680. The molecule has 1 aromatic carbocycles. The van der Waals surface area contributed by atoms with Crippen molar-refractivity contribution in [2.24, 2.45) is 5.92 Å². The molecule has 4 fully saturated rings. The molecule has 6 aliphatic rings. The molecule has 9 rings (SSSR count). The lowest BCUT2D eigenvalue weighted by atomic mass is 9.91. The number of ether oxygens (including phenoxy) is 2. The standard InChI is InChI=1S/C33H37ClF2N6O3/c1-32-8-3-10-41(17-32)29-23-15-37-27(21-5-2-6-24(34)25(21)22-13-19(22)7-12-44-31(43)40-32)26(36)28(23)38-30(39-29)45-18-33-9-4-11-42(33)16-20(35)14-33/h2,5-6,15,19-20,22H,3-4,7-14,16-18H2,1H3,(H,40,43)/t19?,20-,22?,32-,33?/m1/s1. The highest BCUT2D eigenvalue weighted by molar-refractivity contribution is 6.32. The number of carbonyl (C=O) groups excluding carboxylic acids is 1. The average Bonchev–Trinajstić information content (AvgIpc) is 3.54. The predicted molar refractivity (Wildman–Crippen MR) is 166 cm³/mol. The summed E-state index contributed by atoms with van der Waals surface area (Å²) >= 11 is 6.74. The first kappa shape index (κ1) is 29.1. The highest BCUT2D eigenvalue weighted by Crippen LogP contribution is 2.54.